The minimum absolute atomic E-state index is 0.0108. The molecule has 0 atom stereocenters. The van der Waals surface area contributed by atoms with E-state index in [0.29, 0.717) is 27.2 Å². The average Bonchev–Trinajstić information content (AvgIpc) is 3.57. The second kappa shape index (κ2) is 10.9. The number of H-pyrrole nitrogens is 1. The Morgan fingerprint density at radius 3 is 2.42 bits per heavy atom. The second-order valence-corrected chi connectivity index (χ2v) is 10.2. The predicted octanol–water partition coefficient (Wildman–Crippen LogP) is 4.33. The quantitative estimate of drug-likeness (QED) is 0.307. The molecular weight excluding hydrogens is 550 g/mol. The van der Waals surface area contributed by atoms with Crippen LogP contribution in [0.4, 0.5) is 15.3 Å². The molecule has 1 aliphatic heterocycles. The zero-order valence-electron chi connectivity index (χ0n) is 23.4. The second-order valence-electron chi connectivity index (χ2n) is 10.2. The van der Waals surface area contributed by atoms with Gasteiger partial charge in [-0.05, 0) is 62.0 Å². The molecule has 0 radical (unpaired) electrons. The number of carbonyl (C=O) groups is 2. The van der Waals surface area contributed by atoms with Gasteiger partial charge >= 0.3 is 17.8 Å². The van der Waals surface area contributed by atoms with E-state index < -0.39 is 23.3 Å². The Morgan fingerprint density at radius 2 is 1.70 bits per heavy atom. The van der Waals surface area contributed by atoms with Crippen molar-refractivity contribution in [3.63, 3.8) is 0 Å². The number of fused-ring (bicyclic) bond motifs is 1. The number of aromatic nitrogens is 4. The number of nitrogens with one attached hydrogen (secondary N) is 2. The molecule has 13 heteroatoms. The number of aryl methyl sites for hydroxylation is 1. The third-order valence-corrected chi connectivity index (χ3v) is 6.84. The van der Waals surface area contributed by atoms with Gasteiger partial charge in [0, 0.05) is 17.8 Å². The van der Waals surface area contributed by atoms with E-state index >= 15 is 0 Å². The first-order valence-electron chi connectivity index (χ1n) is 13.2. The van der Waals surface area contributed by atoms with Crippen molar-refractivity contribution in [2.75, 3.05) is 19.4 Å². The number of amidine groups is 1. The van der Waals surface area contributed by atoms with E-state index in [1.165, 1.54) is 4.68 Å². The third-order valence-electron chi connectivity index (χ3n) is 6.84. The Labute approximate surface area is 243 Å². The molecule has 3 amide bonds. The molecule has 3 heterocycles. The van der Waals surface area contributed by atoms with Crippen molar-refractivity contribution in [3.05, 3.63) is 110 Å². The number of hydrogen-bond acceptors (Lipinski definition) is 7. The minimum Gasteiger partial charge on any atom is -0.307 e. The molecule has 0 saturated carbocycles. The van der Waals surface area contributed by atoms with Gasteiger partial charge in [-0.1, -0.05) is 53.6 Å². The minimum atomic E-state index is -0.924. The number of amides is 3. The van der Waals surface area contributed by atoms with Crippen LogP contribution in [0.25, 0.3) is 27.8 Å². The average molecular weight is 576 g/mol. The number of carbonyl (C=O) groups excluding carboxylic acids is 2. The fourth-order valence-corrected chi connectivity index (χ4v) is 4.92. The van der Waals surface area contributed by atoms with Crippen LogP contribution in [-0.4, -0.2) is 56.2 Å². The summed E-state index contributed by atoms with van der Waals surface area (Å²) in [6.45, 7) is 2.40. The summed E-state index contributed by atoms with van der Waals surface area (Å²) in [6.07, 6.45) is 0. The molecule has 3 aromatic carbocycles. The fourth-order valence-electron chi connectivity index (χ4n) is 4.92. The fraction of sp³-hybridized carbons (Fsp3) is 0.133. The smallest absolute Gasteiger partial charge is 0.307 e. The molecule has 2 aromatic heterocycles. The van der Waals surface area contributed by atoms with Crippen molar-refractivity contribution < 1.29 is 9.59 Å². The summed E-state index contributed by atoms with van der Waals surface area (Å²) in [4.78, 5) is 59.7. The summed E-state index contributed by atoms with van der Waals surface area (Å²) in [5, 5.41) is 14.2. The van der Waals surface area contributed by atoms with Crippen LogP contribution in [0.2, 0.25) is 0 Å². The summed E-state index contributed by atoms with van der Waals surface area (Å²) >= 11 is 0. The molecule has 13 nitrogen and oxygen atoms in total. The maximum atomic E-state index is 13.7. The van der Waals surface area contributed by atoms with Gasteiger partial charge in [0.15, 0.2) is 11.4 Å². The van der Waals surface area contributed by atoms with Gasteiger partial charge in [0.05, 0.1) is 16.9 Å². The Morgan fingerprint density at radius 1 is 0.930 bits per heavy atom. The molecule has 1 aliphatic rings. The number of azo groups is 1. The van der Waals surface area contributed by atoms with E-state index in [9.17, 15) is 19.2 Å². The van der Waals surface area contributed by atoms with Crippen molar-refractivity contribution in [2.45, 2.75) is 13.5 Å². The van der Waals surface area contributed by atoms with Crippen LogP contribution in [0.5, 0.6) is 0 Å². The normalized spacial score (nSPS) is 12.7. The lowest BCUT2D eigenvalue weighted by molar-refractivity contribution is 0.251. The van der Waals surface area contributed by atoms with Crippen LogP contribution in [0, 0.1) is 6.92 Å². The highest BCUT2D eigenvalue weighted by molar-refractivity contribution is 6.08. The zero-order valence-corrected chi connectivity index (χ0v) is 23.4. The molecule has 2 N–H and O–H groups in total. The Kier molecular flexibility index (Phi) is 6.92. The van der Waals surface area contributed by atoms with Gasteiger partial charge in [-0.2, -0.15) is 14.7 Å². The lowest BCUT2D eigenvalue weighted by Crippen LogP contribution is -2.42. The van der Waals surface area contributed by atoms with Gasteiger partial charge in [0.2, 0.25) is 0 Å². The molecule has 214 valence electrons. The molecule has 0 fully saturated rings. The molecule has 43 heavy (non-hydrogen) atoms. The molecule has 0 unspecified atom stereocenters. The largest absolute Gasteiger partial charge is 0.387 e. The van der Waals surface area contributed by atoms with Crippen molar-refractivity contribution in [3.8, 4) is 16.8 Å². The van der Waals surface area contributed by atoms with Crippen LogP contribution in [0.15, 0.2) is 97.6 Å². The summed E-state index contributed by atoms with van der Waals surface area (Å²) in [6, 6.07) is 20.2. The standard InChI is InChI=1S/C30H25N9O4/c1-17-24-25(39(36-17)22-9-6-8-19(15-22)26-33-28(41)35-34-26)27(40)38(30(43)32-24)29(42)31-21-13-11-18(12-14-21)23-10-5-4-7-20(23)16-37(2)3/h4-15H,16H2,1-3H3,(H,31,42)(H,32,43). The highest BCUT2D eigenvalue weighted by Gasteiger charge is 2.22. The molecule has 0 aliphatic carbocycles. The first kappa shape index (κ1) is 27.4. The first-order chi connectivity index (χ1) is 20.7. The van der Waals surface area contributed by atoms with Crippen LogP contribution < -0.4 is 16.6 Å². The molecule has 0 spiro atoms. The van der Waals surface area contributed by atoms with E-state index in [1.807, 2.05) is 44.4 Å². The number of aliphatic imine (C=N–C) groups is 1. The van der Waals surface area contributed by atoms with Gasteiger partial charge in [-0.15, -0.1) is 5.11 Å². The van der Waals surface area contributed by atoms with Gasteiger partial charge in [0.1, 0.15) is 0 Å². The van der Waals surface area contributed by atoms with Crippen LogP contribution in [-0.2, 0) is 6.54 Å². The molecular formula is C30H25N9O4. The summed E-state index contributed by atoms with van der Waals surface area (Å²) < 4.78 is 1.82. The molecule has 0 saturated heterocycles. The summed E-state index contributed by atoms with van der Waals surface area (Å²) in [5.74, 6) is 0.123. The number of anilines is 1. The highest BCUT2D eigenvalue weighted by atomic mass is 16.2. The highest BCUT2D eigenvalue weighted by Crippen LogP contribution is 2.26. The Balaban J connectivity index is 1.34. The Hall–Kier alpha value is -5.82. The molecule has 5 aromatic rings. The molecule has 6 rings (SSSR count). The number of urea groups is 1. The lowest BCUT2D eigenvalue weighted by Gasteiger charge is -2.15. The van der Waals surface area contributed by atoms with E-state index in [0.717, 1.165) is 23.2 Å². The first-order valence-corrected chi connectivity index (χ1v) is 13.2. The third kappa shape index (κ3) is 5.20. The van der Waals surface area contributed by atoms with Crippen molar-refractivity contribution in [2.24, 2.45) is 15.2 Å². The van der Waals surface area contributed by atoms with Crippen molar-refractivity contribution >= 4 is 34.6 Å². The van der Waals surface area contributed by atoms with Gasteiger partial charge < -0.3 is 15.2 Å². The summed E-state index contributed by atoms with van der Waals surface area (Å²) in [7, 11) is 4.01. The number of benzene rings is 3. The Bertz CT molecular complexity index is 2100. The zero-order chi connectivity index (χ0) is 30.2. The monoisotopic (exact) mass is 575 g/mol. The number of hydrogen-bond donors (Lipinski definition) is 2. The number of aromatic amines is 1. The lowest BCUT2D eigenvalue weighted by atomic mass is 9.99. The number of nitrogens with zero attached hydrogens (tertiary/aromatic N) is 7. The maximum absolute atomic E-state index is 13.7. The van der Waals surface area contributed by atoms with Gasteiger partial charge in [-0.25, -0.2) is 19.1 Å². The van der Waals surface area contributed by atoms with Crippen molar-refractivity contribution in [1.29, 1.82) is 0 Å². The van der Waals surface area contributed by atoms with E-state index in [1.54, 1.807) is 43.3 Å². The molecule has 0 bridgehead atoms. The van der Waals surface area contributed by atoms with E-state index in [2.05, 4.69) is 41.6 Å². The summed E-state index contributed by atoms with van der Waals surface area (Å²) in [5.41, 5.74) is 3.28. The van der Waals surface area contributed by atoms with Crippen LogP contribution in [0.1, 0.15) is 16.8 Å². The van der Waals surface area contributed by atoms with E-state index in [4.69, 9.17) is 0 Å². The van der Waals surface area contributed by atoms with Gasteiger partial charge in [0.25, 0.3) is 5.56 Å². The van der Waals surface area contributed by atoms with E-state index in [-0.39, 0.29) is 16.9 Å². The number of rotatable bonds is 6. The predicted molar refractivity (Wildman–Crippen MR) is 161 cm³/mol. The topological polar surface area (TPSA) is 159 Å². The van der Waals surface area contributed by atoms with Crippen molar-refractivity contribution in [1.82, 2.24) is 24.2 Å². The van der Waals surface area contributed by atoms with Crippen LogP contribution in [0.3, 0.4) is 0 Å². The SMILES string of the molecule is Cc1nn(-c2cccc(C3=NC(=O)N=N3)c2)c2c(=O)n(C(=O)Nc3ccc(-c4ccccc4CN(C)C)cc3)c(=O)[nH]c12. The maximum Gasteiger partial charge on any atom is 0.387 e. The van der Waals surface area contributed by atoms with Crippen LogP contribution >= 0.6 is 0 Å². The van der Waals surface area contributed by atoms with Gasteiger partial charge in [-0.3, -0.25) is 4.79 Å².